The van der Waals surface area contributed by atoms with Crippen molar-refractivity contribution in [1.29, 1.82) is 0 Å². The van der Waals surface area contributed by atoms with E-state index in [0.29, 0.717) is 4.21 Å². The van der Waals surface area contributed by atoms with Gasteiger partial charge in [-0.1, -0.05) is 24.3 Å². The first-order valence-electron chi connectivity index (χ1n) is 6.63. The second-order valence-electron chi connectivity index (χ2n) is 5.56. The molecule has 0 aliphatic carbocycles. The molecule has 2 unspecified atom stereocenters. The van der Waals surface area contributed by atoms with Crippen LogP contribution in [0.15, 0.2) is 34.5 Å². The van der Waals surface area contributed by atoms with Crippen molar-refractivity contribution in [2.75, 3.05) is 0 Å². The first-order valence-corrected chi connectivity index (χ1v) is 8.26. The van der Waals surface area contributed by atoms with E-state index in [1.165, 1.54) is 22.5 Å². The quantitative estimate of drug-likeness (QED) is 0.753. The van der Waals surface area contributed by atoms with Gasteiger partial charge in [-0.15, -0.1) is 11.3 Å². The maximum atomic E-state index is 12.6. The van der Waals surface area contributed by atoms with Crippen LogP contribution >= 0.6 is 23.1 Å². The summed E-state index contributed by atoms with van der Waals surface area (Å²) in [6, 6.07) is 10.1. The molecule has 4 rings (SSSR count). The highest BCUT2D eigenvalue weighted by atomic mass is 32.2. The molecule has 0 saturated heterocycles. The Morgan fingerprint density at radius 3 is 2.81 bits per heavy atom. The third-order valence-electron chi connectivity index (χ3n) is 4.27. The predicted molar refractivity (Wildman–Crippen MR) is 78.7 cm³/mol. The van der Waals surface area contributed by atoms with Crippen molar-refractivity contribution < 1.29 is 13.2 Å². The van der Waals surface area contributed by atoms with Crippen LogP contribution in [0.4, 0.5) is 13.2 Å². The van der Waals surface area contributed by atoms with Crippen LogP contribution in [-0.2, 0) is 12.0 Å². The second kappa shape index (κ2) is 4.27. The van der Waals surface area contributed by atoms with Gasteiger partial charge in [0.15, 0.2) is 0 Å². The van der Waals surface area contributed by atoms with Crippen LogP contribution in [0.5, 0.6) is 0 Å². The van der Waals surface area contributed by atoms with Crippen LogP contribution in [0.3, 0.4) is 0 Å². The fourth-order valence-corrected chi connectivity index (χ4v) is 5.67. The summed E-state index contributed by atoms with van der Waals surface area (Å²) in [7, 11) is 0. The van der Waals surface area contributed by atoms with Crippen molar-refractivity contribution in [2.45, 2.75) is 34.6 Å². The number of alkyl halides is 3. The maximum absolute atomic E-state index is 12.6. The van der Waals surface area contributed by atoms with Gasteiger partial charge in [0.1, 0.15) is 0 Å². The number of nitrogens with one attached hydrogen (secondary N) is 1. The molecule has 1 nitrogen and oxygen atoms in total. The highest BCUT2D eigenvalue weighted by Crippen LogP contribution is 2.53. The van der Waals surface area contributed by atoms with Crippen molar-refractivity contribution in [1.82, 2.24) is 5.32 Å². The van der Waals surface area contributed by atoms with Crippen LogP contribution in [0.2, 0.25) is 0 Å². The fraction of sp³-hybridized carbons (Fsp3) is 0.333. The number of halogens is 3. The summed E-state index contributed by atoms with van der Waals surface area (Å²) in [5, 5.41) is 3.58. The summed E-state index contributed by atoms with van der Waals surface area (Å²) in [5.74, 6) is 0. The first kappa shape index (κ1) is 13.7. The molecule has 1 aromatic carbocycles. The molecule has 0 amide bonds. The lowest BCUT2D eigenvalue weighted by Gasteiger charge is -2.32. The van der Waals surface area contributed by atoms with Crippen molar-refractivity contribution in [2.24, 2.45) is 0 Å². The Morgan fingerprint density at radius 1 is 1.29 bits per heavy atom. The molecule has 6 heteroatoms. The van der Waals surface area contributed by atoms with E-state index in [0.717, 1.165) is 16.9 Å². The zero-order valence-corrected chi connectivity index (χ0v) is 12.8. The molecule has 1 N–H and O–H groups in total. The van der Waals surface area contributed by atoms with Crippen molar-refractivity contribution in [3.63, 3.8) is 0 Å². The molecule has 110 valence electrons. The molecular weight excluding hydrogens is 315 g/mol. The van der Waals surface area contributed by atoms with Gasteiger partial charge in [-0.3, -0.25) is 5.32 Å². The number of fused-ring (bicyclic) bond motifs is 7. The van der Waals surface area contributed by atoms with Gasteiger partial charge in [-0.05, 0) is 41.4 Å². The van der Waals surface area contributed by atoms with Gasteiger partial charge in [0, 0.05) is 17.3 Å². The summed E-state index contributed by atoms with van der Waals surface area (Å²) in [6.45, 7) is 2.07. The number of hydrogen-bond donors (Lipinski definition) is 1. The molecule has 2 atom stereocenters. The highest BCUT2D eigenvalue weighted by molar-refractivity contribution is 8.01. The highest BCUT2D eigenvalue weighted by Gasteiger charge is 2.47. The van der Waals surface area contributed by atoms with Gasteiger partial charge < -0.3 is 0 Å². The Morgan fingerprint density at radius 2 is 2.05 bits per heavy atom. The molecule has 0 radical (unpaired) electrons. The smallest absolute Gasteiger partial charge is 0.297 e. The Kier molecular flexibility index (Phi) is 2.78. The molecule has 0 fully saturated rings. The van der Waals surface area contributed by atoms with Crippen molar-refractivity contribution in [3.8, 4) is 0 Å². The van der Waals surface area contributed by atoms with Crippen LogP contribution in [0.25, 0.3) is 0 Å². The summed E-state index contributed by atoms with van der Waals surface area (Å²) in [6.07, 6.45) is 0.769. The van der Waals surface area contributed by atoms with Crippen molar-refractivity contribution >= 4 is 23.1 Å². The van der Waals surface area contributed by atoms with Gasteiger partial charge in [-0.2, -0.15) is 13.2 Å². The third-order valence-corrected chi connectivity index (χ3v) is 6.27. The number of thiophene rings is 1. The van der Waals surface area contributed by atoms with E-state index in [2.05, 4.69) is 24.4 Å². The van der Waals surface area contributed by atoms with E-state index in [-0.39, 0.29) is 23.3 Å². The van der Waals surface area contributed by atoms with Crippen LogP contribution in [0.1, 0.15) is 34.5 Å². The average molecular weight is 327 g/mol. The molecule has 2 aromatic rings. The lowest BCUT2D eigenvalue weighted by Crippen LogP contribution is -2.40. The Bertz CT molecular complexity index is 722. The van der Waals surface area contributed by atoms with E-state index < -0.39 is 5.51 Å². The van der Waals surface area contributed by atoms with Gasteiger partial charge in [0.2, 0.25) is 0 Å². The number of thioether (sulfide) groups is 1. The average Bonchev–Trinajstić information content (AvgIpc) is 2.89. The van der Waals surface area contributed by atoms with Gasteiger partial charge in [0.25, 0.3) is 0 Å². The molecule has 0 saturated carbocycles. The Balaban J connectivity index is 1.82. The molecular formula is C15H12F3NS2. The van der Waals surface area contributed by atoms with Crippen LogP contribution < -0.4 is 5.32 Å². The Labute approximate surface area is 128 Å². The molecule has 1 aromatic heterocycles. The molecule has 2 aliphatic heterocycles. The van der Waals surface area contributed by atoms with E-state index in [4.69, 9.17) is 0 Å². The summed E-state index contributed by atoms with van der Waals surface area (Å²) >= 11 is 1.27. The number of rotatable bonds is 1. The number of benzene rings is 1. The summed E-state index contributed by atoms with van der Waals surface area (Å²) in [5.41, 5.74) is -1.13. The van der Waals surface area contributed by atoms with E-state index >= 15 is 0 Å². The lowest BCUT2D eigenvalue weighted by atomic mass is 9.86. The normalized spacial score (nSPS) is 26.6. The minimum Gasteiger partial charge on any atom is -0.297 e. The minimum atomic E-state index is -4.22. The molecule has 21 heavy (non-hydrogen) atoms. The Hall–Kier alpha value is -0.980. The minimum absolute atomic E-state index is 0.00764. The molecule has 2 bridgehead atoms. The molecule has 0 spiro atoms. The standard InChI is InChI=1S/C15H12F3NS2/c1-14-9-5-3-2-4-8(9)11(19-14)7-12-10(14)6-13(20-12)21-15(16,17)18/h2-6,11,19H,7H2,1H3. The van der Waals surface area contributed by atoms with E-state index in [1.54, 1.807) is 6.07 Å². The third kappa shape index (κ3) is 2.04. The summed E-state index contributed by atoms with van der Waals surface area (Å²) in [4.78, 5) is 1.07. The number of hydrogen-bond acceptors (Lipinski definition) is 3. The topological polar surface area (TPSA) is 12.0 Å². The monoisotopic (exact) mass is 327 g/mol. The first-order chi connectivity index (χ1) is 9.87. The van der Waals surface area contributed by atoms with Gasteiger partial charge >= 0.3 is 5.51 Å². The summed E-state index contributed by atoms with van der Waals surface area (Å²) < 4.78 is 38.1. The molecule has 3 heterocycles. The van der Waals surface area contributed by atoms with Crippen LogP contribution in [-0.4, -0.2) is 5.51 Å². The lowest BCUT2D eigenvalue weighted by molar-refractivity contribution is -0.0327. The second-order valence-corrected chi connectivity index (χ2v) is 8.07. The van der Waals surface area contributed by atoms with Crippen LogP contribution in [0, 0.1) is 0 Å². The van der Waals surface area contributed by atoms with E-state index in [1.807, 2.05) is 12.1 Å². The van der Waals surface area contributed by atoms with Gasteiger partial charge in [-0.25, -0.2) is 0 Å². The van der Waals surface area contributed by atoms with Crippen molar-refractivity contribution in [3.05, 3.63) is 51.9 Å². The SMILES string of the molecule is CC12NC(Cc3sc(SC(F)(F)F)cc31)c1ccccc12. The fourth-order valence-electron chi connectivity index (χ4n) is 3.47. The maximum Gasteiger partial charge on any atom is 0.447 e. The van der Waals surface area contributed by atoms with E-state index in [9.17, 15) is 13.2 Å². The van der Waals surface area contributed by atoms with Gasteiger partial charge in [0.05, 0.1) is 9.75 Å². The molecule has 2 aliphatic rings. The largest absolute Gasteiger partial charge is 0.447 e. The zero-order chi connectivity index (χ0) is 14.8. The predicted octanol–water partition coefficient (Wildman–Crippen LogP) is 4.82. The zero-order valence-electron chi connectivity index (χ0n) is 11.1.